The van der Waals surface area contributed by atoms with Crippen LogP contribution in [0.4, 0.5) is 4.79 Å². The van der Waals surface area contributed by atoms with Gasteiger partial charge in [0.2, 0.25) is 5.79 Å². The summed E-state index contributed by atoms with van der Waals surface area (Å²) in [4.78, 5) is 22.0. The summed E-state index contributed by atoms with van der Waals surface area (Å²) in [6.45, 7) is 20.6. The maximum Gasteiger partial charge on any atom is 0.510 e. The van der Waals surface area contributed by atoms with Crippen LogP contribution in [0.1, 0.15) is 48.5 Å². The van der Waals surface area contributed by atoms with Crippen LogP contribution >= 0.6 is 0 Å². The summed E-state index contributed by atoms with van der Waals surface area (Å²) in [6, 6.07) is 0. The van der Waals surface area contributed by atoms with Gasteiger partial charge in [0.05, 0.1) is 6.61 Å². The zero-order chi connectivity index (χ0) is 18.1. The predicted molar refractivity (Wildman–Crippen MR) is 85.4 cm³/mol. The van der Waals surface area contributed by atoms with Crippen molar-refractivity contribution in [1.82, 2.24) is 0 Å². The first-order chi connectivity index (χ1) is 10.3. The van der Waals surface area contributed by atoms with E-state index >= 15 is 0 Å². The molecule has 0 aromatic heterocycles. The maximum absolute atomic E-state index is 11.8. The van der Waals surface area contributed by atoms with E-state index in [-0.39, 0.29) is 12.0 Å². The van der Waals surface area contributed by atoms with E-state index in [4.69, 9.17) is 24.0 Å². The second-order valence-electron chi connectivity index (χ2n) is 7.56. The maximum atomic E-state index is 11.8. The van der Waals surface area contributed by atoms with Crippen molar-refractivity contribution >= 4 is 6.16 Å². The summed E-state index contributed by atoms with van der Waals surface area (Å²) in [6.07, 6.45) is -1.46. The van der Waals surface area contributed by atoms with E-state index in [1.54, 1.807) is 27.7 Å². The van der Waals surface area contributed by atoms with E-state index < -0.39 is 23.8 Å². The van der Waals surface area contributed by atoms with E-state index in [1.165, 1.54) is 0 Å². The third kappa shape index (κ3) is 5.64. The van der Waals surface area contributed by atoms with Gasteiger partial charge in [-0.1, -0.05) is 33.9 Å². The zero-order valence-electron chi connectivity index (χ0n) is 15.1. The first-order valence-corrected chi connectivity index (χ1v) is 7.51. The third-order valence-electron chi connectivity index (χ3n) is 3.00. The molecule has 0 aromatic rings. The van der Waals surface area contributed by atoms with Crippen LogP contribution in [0, 0.1) is 5.41 Å². The Bertz CT molecular complexity index is 482. The number of hydrogen-bond donors (Lipinski definition) is 0. The Morgan fingerprint density at radius 1 is 1.13 bits per heavy atom. The molecular formula is C17H28O6. The zero-order valence-corrected chi connectivity index (χ0v) is 15.1. The van der Waals surface area contributed by atoms with Gasteiger partial charge in [0.15, 0.2) is 0 Å². The molecule has 1 rings (SSSR count). The van der Waals surface area contributed by atoms with Gasteiger partial charge in [0.1, 0.15) is 6.10 Å². The third-order valence-corrected chi connectivity index (χ3v) is 3.00. The van der Waals surface area contributed by atoms with Crippen molar-refractivity contribution in [1.29, 1.82) is 0 Å². The topological polar surface area (TPSA) is 69.8 Å². The molecule has 0 radical (unpaired) electrons. The highest BCUT2D eigenvalue weighted by atomic mass is 17.4. The van der Waals surface area contributed by atoms with E-state index in [0.29, 0.717) is 11.1 Å². The lowest BCUT2D eigenvalue weighted by atomic mass is 9.99. The Morgan fingerprint density at radius 2 is 1.65 bits per heavy atom. The smallest absolute Gasteiger partial charge is 0.434 e. The molecule has 1 aliphatic heterocycles. The number of carbonyl (C=O) groups is 1. The van der Waals surface area contributed by atoms with Crippen LogP contribution in [0.5, 0.6) is 0 Å². The summed E-state index contributed by atoms with van der Waals surface area (Å²) in [5.74, 6) is -2.34. The molecule has 1 heterocycles. The van der Waals surface area contributed by atoms with E-state index in [9.17, 15) is 4.79 Å². The largest absolute Gasteiger partial charge is 0.510 e. The Morgan fingerprint density at radius 3 is 2.00 bits per heavy atom. The molecule has 1 atom stereocenters. The standard InChI is InChI=1S/C17H28O6/c1-11(2)13(17(12(3)4)22-23-17)20-16(8,9)21-14(18)19-10-15(5,6)7/h13H,1,3,10H2,2,4-9H3. The second-order valence-corrected chi connectivity index (χ2v) is 7.56. The molecule has 0 aromatic carbocycles. The number of carbonyl (C=O) groups excluding carboxylic acids is 1. The first-order valence-electron chi connectivity index (χ1n) is 7.51. The summed E-state index contributed by atoms with van der Waals surface area (Å²) in [7, 11) is 0. The minimum Gasteiger partial charge on any atom is -0.434 e. The lowest BCUT2D eigenvalue weighted by molar-refractivity contribution is -0.218. The van der Waals surface area contributed by atoms with Gasteiger partial charge in [-0.3, -0.25) is 0 Å². The van der Waals surface area contributed by atoms with Crippen LogP contribution < -0.4 is 0 Å². The highest BCUT2D eigenvalue weighted by molar-refractivity contribution is 5.60. The monoisotopic (exact) mass is 328 g/mol. The Hall–Kier alpha value is -1.37. The molecule has 6 heteroatoms. The molecule has 0 bridgehead atoms. The van der Waals surface area contributed by atoms with Gasteiger partial charge in [0.25, 0.3) is 5.79 Å². The molecule has 132 valence electrons. The second kappa shape index (κ2) is 6.63. The van der Waals surface area contributed by atoms with Gasteiger partial charge in [-0.25, -0.2) is 4.79 Å². The molecule has 1 aliphatic rings. The Balaban J connectivity index is 2.70. The molecule has 1 fully saturated rings. The van der Waals surface area contributed by atoms with Gasteiger partial charge < -0.3 is 14.2 Å². The predicted octanol–water partition coefficient (Wildman–Crippen LogP) is 4.12. The molecule has 0 aliphatic carbocycles. The van der Waals surface area contributed by atoms with Crippen LogP contribution in [0.15, 0.2) is 24.3 Å². The SMILES string of the molecule is C=C(C)C(OC(C)(C)OC(=O)OCC(C)(C)C)C1(C(=C)C)OO1. The summed E-state index contributed by atoms with van der Waals surface area (Å²) < 4.78 is 16.2. The highest BCUT2D eigenvalue weighted by Crippen LogP contribution is 2.44. The molecule has 23 heavy (non-hydrogen) atoms. The average Bonchev–Trinajstić information content (AvgIpc) is 3.13. The molecule has 0 N–H and O–H groups in total. The van der Waals surface area contributed by atoms with Gasteiger partial charge >= 0.3 is 6.16 Å². The van der Waals surface area contributed by atoms with Gasteiger partial charge in [-0.05, 0) is 30.4 Å². The summed E-state index contributed by atoms with van der Waals surface area (Å²) in [5, 5.41) is 0. The van der Waals surface area contributed by atoms with Crippen LogP contribution in [0.25, 0.3) is 0 Å². The molecule has 6 nitrogen and oxygen atoms in total. The van der Waals surface area contributed by atoms with Crippen molar-refractivity contribution in [2.24, 2.45) is 5.41 Å². The lowest BCUT2D eigenvalue weighted by Crippen LogP contribution is -2.43. The van der Waals surface area contributed by atoms with Crippen LogP contribution in [-0.4, -0.2) is 30.4 Å². The minimum absolute atomic E-state index is 0.149. The van der Waals surface area contributed by atoms with E-state index in [2.05, 4.69) is 13.2 Å². The lowest BCUT2D eigenvalue weighted by Gasteiger charge is -2.32. The Kier molecular flexibility index (Phi) is 5.67. The van der Waals surface area contributed by atoms with Gasteiger partial charge in [0, 0.05) is 13.8 Å². The molecule has 1 saturated heterocycles. The molecule has 0 amide bonds. The molecule has 1 unspecified atom stereocenters. The van der Waals surface area contributed by atoms with Crippen molar-refractivity contribution in [3.05, 3.63) is 24.3 Å². The average molecular weight is 328 g/mol. The van der Waals surface area contributed by atoms with Crippen molar-refractivity contribution in [3.63, 3.8) is 0 Å². The van der Waals surface area contributed by atoms with Crippen molar-refractivity contribution in [2.45, 2.75) is 66.1 Å². The highest BCUT2D eigenvalue weighted by Gasteiger charge is 2.59. The summed E-state index contributed by atoms with van der Waals surface area (Å²) in [5.41, 5.74) is 1.14. The Labute approximate surface area is 138 Å². The molecular weight excluding hydrogens is 300 g/mol. The number of hydrogen-bond acceptors (Lipinski definition) is 6. The number of ether oxygens (including phenoxy) is 3. The van der Waals surface area contributed by atoms with Crippen LogP contribution in [0.2, 0.25) is 0 Å². The number of rotatable bonds is 7. The quantitative estimate of drug-likeness (QED) is 0.230. The molecule has 0 spiro atoms. The van der Waals surface area contributed by atoms with Gasteiger partial charge in [-0.15, -0.1) is 0 Å². The van der Waals surface area contributed by atoms with Crippen molar-refractivity contribution in [3.8, 4) is 0 Å². The normalized spacial score (nSPS) is 18.0. The fourth-order valence-electron chi connectivity index (χ4n) is 1.81. The first kappa shape index (κ1) is 19.7. The fourth-order valence-corrected chi connectivity index (χ4v) is 1.81. The van der Waals surface area contributed by atoms with E-state index in [1.807, 2.05) is 20.8 Å². The van der Waals surface area contributed by atoms with Crippen molar-refractivity contribution in [2.75, 3.05) is 6.61 Å². The molecule has 0 saturated carbocycles. The minimum atomic E-state index is -1.25. The fraction of sp³-hybridized carbons (Fsp3) is 0.706. The van der Waals surface area contributed by atoms with Gasteiger partial charge in [-0.2, -0.15) is 9.78 Å². The van der Waals surface area contributed by atoms with E-state index in [0.717, 1.165) is 0 Å². The van der Waals surface area contributed by atoms with Crippen molar-refractivity contribution < 1.29 is 28.8 Å². The summed E-state index contributed by atoms with van der Waals surface area (Å²) >= 11 is 0. The van der Waals surface area contributed by atoms with Crippen LogP contribution in [-0.2, 0) is 24.0 Å². The van der Waals surface area contributed by atoms with Crippen LogP contribution in [0.3, 0.4) is 0 Å².